The van der Waals surface area contributed by atoms with Crippen LogP contribution in [0, 0.1) is 5.92 Å². The summed E-state index contributed by atoms with van der Waals surface area (Å²) in [6.45, 7) is 6.71. The van der Waals surface area contributed by atoms with Gasteiger partial charge in [0.05, 0.1) is 25.2 Å². The number of ether oxygens (including phenoxy) is 3. The third-order valence-electron chi connectivity index (χ3n) is 5.65. The summed E-state index contributed by atoms with van der Waals surface area (Å²) in [7, 11) is 1.79. The highest BCUT2D eigenvalue weighted by molar-refractivity contribution is 5.81. The average Bonchev–Trinajstić information content (AvgIpc) is 2.79. The third-order valence-corrected chi connectivity index (χ3v) is 5.65. The normalized spacial score (nSPS) is 20.8. The number of hydrogen-bond donors (Lipinski definition) is 1. The van der Waals surface area contributed by atoms with Crippen LogP contribution in [0.4, 0.5) is 0 Å². The molecule has 2 fully saturated rings. The summed E-state index contributed by atoms with van der Waals surface area (Å²) in [6, 6.07) is 8.46. The van der Waals surface area contributed by atoms with Crippen molar-refractivity contribution in [2.24, 2.45) is 10.9 Å². The van der Waals surface area contributed by atoms with Crippen molar-refractivity contribution < 1.29 is 19.0 Å². The monoisotopic (exact) mass is 417 g/mol. The summed E-state index contributed by atoms with van der Waals surface area (Å²) < 4.78 is 16.6. The summed E-state index contributed by atoms with van der Waals surface area (Å²) in [5, 5.41) is 3.45. The first-order valence-electron chi connectivity index (χ1n) is 11.1. The number of hydrogen-bond acceptors (Lipinski definition) is 5. The molecule has 2 saturated heterocycles. The predicted molar refractivity (Wildman–Crippen MR) is 116 cm³/mol. The van der Waals surface area contributed by atoms with Crippen molar-refractivity contribution in [1.82, 2.24) is 10.2 Å². The van der Waals surface area contributed by atoms with Gasteiger partial charge in [0, 0.05) is 39.9 Å². The Morgan fingerprint density at radius 3 is 2.83 bits per heavy atom. The van der Waals surface area contributed by atoms with Gasteiger partial charge in [0.15, 0.2) is 5.96 Å². The first-order chi connectivity index (χ1) is 14.7. The zero-order chi connectivity index (χ0) is 21.2. The van der Waals surface area contributed by atoms with E-state index in [-0.39, 0.29) is 11.9 Å². The van der Waals surface area contributed by atoms with Crippen LogP contribution in [0.1, 0.15) is 43.7 Å². The maximum Gasteiger partial charge on any atom is 0.310 e. The predicted octanol–water partition coefficient (Wildman–Crippen LogP) is 2.73. The van der Waals surface area contributed by atoms with Crippen molar-refractivity contribution in [3.8, 4) is 0 Å². The Hall–Kier alpha value is -2.12. The third kappa shape index (κ3) is 6.71. The van der Waals surface area contributed by atoms with Crippen LogP contribution in [-0.2, 0) is 32.2 Å². The van der Waals surface area contributed by atoms with Gasteiger partial charge in [-0.25, -0.2) is 0 Å². The molecular weight excluding hydrogens is 382 g/mol. The van der Waals surface area contributed by atoms with Crippen molar-refractivity contribution in [2.75, 3.05) is 40.0 Å². The first kappa shape index (κ1) is 22.6. The molecule has 1 atom stereocenters. The second kappa shape index (κ2) is 11.9. The van der Waals surface area contributed by atoms with Gasteiger partial charge in [-0.1, -0.05) is 24.3 Å². The number of nitrogens with one attached hydrogen (secondary N) is 1. The van der Waals surface area contributed by atoms with E-state index in [0.29, 0.717) is 32.4 Å². The van der Waals surface area contributed by atoms with Gasteiger partial charge in [-0.05, 0) is 43.7 Å². The topological polar surface area (TPSA) is 72.4 Å². The number of guanidine groups is 1. The number of carbonyl (C=O) groups excluding carboxylic acids is 1. The highest BCUT2D eigenvalue weighted by Gasteiger charge is 2.28. The van der Waals surface area contributed by atoms with Crippen LogP contribution in [-0.4, -0.2) is 62.9 Å². The molecule has 1 aromatic carbocycles. The second-order valence-corrected chi connectivity index (χ2v) is 7.88. The molecule has 0 saturated carbocycles. The fraction of sp³-hybridized carbons (Fsp3) is 0.652. The molecule has 7 nitrogen and oxygen atoms in total. The fourth-order valence-electron chi connectivity index (χ4n) is 4.02. The minimum Gasteiger partial charge on any atom is -0.466 e. The summed E-state index contributed by atoms with van der Waals surface area (Å²) in [4.78, 5) is 18.7. The lowest BCUT2D eigenvalue weighted by molar-refractivity contribution is -0.149. The quantitative estimate of drug-likeness (QED) is 0.418. The van der Waals surface area contributed by atoms with E-state index in [0.717, 1.165) is 51.4 Å². The Kier molecular flexibility index (Phi) is 8.96. The van der Waals surface area contributed by atoms with Gasteiger partial charge in [-0.3, -0.25) is 9.79 Å². The Labute approximate surface area is 179 Å². The summed E-state index contributed by atoms with van der Waals surface area (Å²) in [5.74, 6) is 0.644. The van der Waals surface area contributed by atoms with E-state index in [1.807, 2.05) is 6.92 Å². The largest absolute Gasteiger partial charge is 0.466 e. The molecule has 3 rings (SSSR count). The number of aliphatic imine (C=N–C) groups is 1. The smallest absolute Gasteiger partial charge is 0.310 e. The molecule has 2 heterocycles. The number of rotatable bonds is 7. The lowest BCUT2D eigenvalue weighted by Gasteiger charge is -2.34. The van der Waals surface area contributed by atoms with Gasteiger partial charge in [-0.2, -0.15) is 0 Å². The lowest BCUT2D eigenvalue weighted by Crippen LogP contribution is -2.48. The van der Waals surface area contributed by atoms with E-state index < -0.39 is 0 Å². The first-order valence-corrected chi connectivity index (χ1v) is 11.1. The van der Waals surface area contributed by atoms with Crippen molar-refractivity contribution in [3.05, 3.63) is 35.4 Å². The molecule has 30 heavy (non-hydrogen) atoms. The molecule has 2 aliphatic heterocycles. The molecule has 0 spiro atoms. The number of piperidine rings is 1. The van der Waals surface area contributed by atoms with Gasteiger partial charge in [0.2, 0.25) is 0 Å². The highest BCUT2D eigenvalue weighted by Crippen LogP contribution is 2.18. The molecule has 0 aliphatic carbocycles. The van der Waals surface area contributed by atoms with E-state index in [4.69, 9.17) is 14.2 Å². The summed E-state index contributed by atoms with van der Waals surface area (Å²) >= 11 is 0. The molecule has 7 heteroatoms. The van der Waals surface area contributed by atoms with E-state index in [2.05, 4.69) is 39.5 Å². The number of likely N-dealkylation sites (tertiary alicyclic amines) is 1. The Morgan fingerprint density at radius 2 is 2.07 bits per heavy atom. The maximum absolute atomic E-state index is 12.1. The Bertz CT molecular complexity index is 703. The van der Waals surface area contributed by atoms with Gasteiger partial charge < -0.3 is 24.4 Å². The lowest BCUT2D eigenvalue weighted by atomic mass is 9.98. The molecule has 2 aliphatic rings. The van der Waals surface area contributed by atoms with Crippen LogP contribution < -0.4 is 5.32 Å². The molecule has 1 aromatic rings. The van der Waals surface area contributed by atoms with Crippen LogP contribution in [0.2, 0.25) is 0 Å². The van der Waals surface area contributed by atoms with Crippen molar-refractivity contribution in [3.63, 3.8) is 0 Å². The minimum absolute atomic E-state index is 0.0806. The molecule has 0 bridgehead atoms. The zero-order valence-electron chi connectivity index (χ0n) is 18.3. The summed E-state index contributed by atoms with van der Waals surface area (Å²) in [6.07, 6.45) is 4.08. The molecule has 1 unspecified atom stereocenters. The molecule has 0 amide bonds. The van der Waals surface area contributed by atoms with Crippen molar-refractivity contribution >= 4 is 11.9 Å². The Morgan fingerprint density at radius 1 is 1.27 bits per heavy atom. The molecule has 0 aromatic heterocycles. The molecule has 1 N–H and O–H groups in total. The zero-order valence-corrected chi connectivity index (χ0v) is 18.3. The van der Waals surface area contributed by atoms with E-state index in [9.17, 15) is 4.79 Å². The van der Waals surface area contributed by atoms with Gasteiger partial charge in [0.1, 0.15) is 0 Å². The second-order valence-electron chi connectivity index (χ2n) is 7.88. The van der Waals surface area contributed by atoms with Gasteiger partial charge in [0.25, 0.3) is 0 Å². The molecular formula is C23H35N3O4. The number of nitrogens with zero attached hydrogens (tertiary/aromatic N) is 2. The standard InChI is InChI=1S/C23H35N3O4/c1-3-29-22(27)20-8-5-11-26(16-20)23(24-2)25-15-18-6-4-7-19(14-18)17-30-21-9-12-28-13-10-21/h4,6-7,14,20-21H,3,5,8-13,15-17H2,1-2H3,(H,24,25). The van der Waals surface area contributed by atoms with Crippen molar-refractivity contribution in [2.45, 2.75) is 51.9 Å². The van der Waals surface area contributed by atoms with Crippen LogP contribution in [0.3, 0.4) is 0 Å². The van der Waals surface area contributed by atoms with E-state index in [1.165, 1.54) is 11.1 Å². The molecule has 166 valence electrons. The van der Waals surface area contributed by atoms with Crippen LogP contribution >= 0.6 is 0 Å². The highest BCUT2D eigenvalue weighted by atomic mass is 16.5. The average molecular weight is 418 g/mol. The van der Waals surface area contributed by atoms with Crippen molar-refractivity contribution in [1.29, 1.82) is 0 Å². The van der Waals surface area contributed by atoms with Gasteiger partial charge in [-0.15, -0.1) is 0 Å². The summed E-state index contributed by atoms with van der Waals surface area (Å²) in [5.41, 5.74) is 2.36. The minimum atomic E-state index is -0.102. The Balaban J connectivity index is 1.50. The number of benzene rings is 1. The SMILES string of the molecule is CCOC(=O)C1CCCN(C(=NC)NCc2cccc(COC3CCOCC3)c2)C1. The van der Waals surface area contributed by atoms with Gasteiger partial charge >= 0.3 is 5.97 Å². The number of esters is 1. The van der Waals surface area contributed by atoms with Crippen LogP contribution in [0.5, 0.6) is 0 Å². The molecule has 0 radical (unpaired) electrons. The van der Waals surface area contributed by atoms with Crippen LogP contribution in [0.15, 0.2) is 29.3 Å². The van der Waals surface area contributed by atoms with Crippen LogP contribution in [0.25, 0.3) is 0 Å². The fourth-order valence-corrected chi connectivity index (χ4v) is 4.02. The maximum atomic E-state index is 12.1. The van der Waals surface area contributed by atoms with E-state index >= 15 is 0 Å². The number of carbonyl (C=O) groups is 1. The van der Waals surface area contributed by atoms with E-state index in [1.54, 1.807) is 7.05 Å².